The monoisotopic (exact) mass is 343 g/mol. The average Bonchev–Trinajstić information content (AvgIpc) is 3.02. The van der Waals surface area contributed by atoms with E-state index in [-0.39, 0.29) is 0 Å². The number of hydrogen-bond acceptors (Lipinski definition) is 6. The van der Waals surface area contributed by atoms with Gasteiger partial charge in [-0.25, -0.2) is 0 Å². The van der Waals surface area contributed by atoms with Crippen LogP contribution in [0.4, 0.5) is 5.00 Å². The van der Waals surface area contributed by atoms with Crippen LogP contribution in [0.5, 0.6) is 5.75 Å². The van der Waals surface area contributed by atoms with Crippen molar-refractivity contribution in [2.45, 2.75) is 0 Å². The Morgan fingerprint density at radius 1 is 1.42 bits per heavy atom. The second-order valence-electron chi connectivity index (χ2n) is 5.29. The molecular formula is C17H17N3O3S. The molecule has 3 rings (SSSR count). The summed E-state index contributed by atoms with van der Waals surface area (Å²) < 4.78 is 10.6. The molecular weight excluding hydrogens is 326 g/mol. The Morgan fingerprint density at radius 3 is 2.79 bits per heavy atom. The van der Waals surface area contributed by atoms with E-state index in [0.717, 1.165) is 10.6 Å². The van der Waals surface area contributed by atoms with Crippen molar-refractivity contribution in [2.75, 3.05) is 38.3 Å². The summed E-state index contributed by atoms with van der Waals surface area (Å²) in [5, 5.41) is 10.5. The molecule has 2 heterocycles. The molecule has 2 aromatic rings. The van der Waals surface area contributed by atoms with E-state index < -0.39 is 5.91 Å². The van der Waals surface area contributed by atoms with Crippen LogP contribution in [0.15, 0.2) is 24.3 Å². The van der Waals surface area contributed by atoms with Crippen LogP contribution >= 0.6 is 11.3 Å². The molecule has 1 amide bonds. The summed E-state index contributed by atoms with van der Waals surface area (Å²) in [6, 6.07) is 9.54. The van der Waals surface area contributed by atoms with Crippen LogP contribution in [0, 0.1) is 11.3 Å². The van der Waals surface area contributed by atoms with Gasteiger partial charge in [-0.3, -0.25) is 4.79 Å². The number of carbonyl (C=O) groups is 1. The molecule has 0 aliphatic carbocycles. The highest BCUT2D eigenvalue weighted by molar-refractivity contribution is 7.18. The molecule has 1 fully saturated rings. The molecule has 124 valence electrons. The Kier molecular flexibility index (Phi) is 4.69. The summed E-state index contributed by atoms with van der Waals surface area (Å²) in [6.45, 7) is 2.57. The second kappa shape index (κ2) is 6.91. The molecule has 1 saturated heterocycles. The number of nitrogens with two attached hydrogens (primary N) is 1. The fraction of sp³-hybridized carbons (Fsp3) is 0.294. The maximum Gasteiger partial charge on any atom is 0.259 e. The number of thiophene rings is 1. The Labute approximate surface area is 144 Å². The average molecular weight is 343 g/mol. The predicted molar refractivity (Wildman–Crippen MR) is 92.6 cm³/mol. The van der Waals surface area contributed by atoms with Crippen LogP contribution in [0.25, 0.3) is 11.1 Å². The molecule has 2 N–H and O–H groups in total. The highest BCUT2D eigenvalue weighted by atomic mass is 32.1. The number of benzene rings is 1. The Balaban J connectivity index is 2.17. The zero-order chi connectivity index (χ0) is 17.1. The smallest absolute Gasteiger partial charge is 0.259 e. The Morgan fingerprint density at radius 2 is 2.17 bits per heavy atom. The minimum absolute atomic E-state index is 0.390. The van der Waals surface area contributed by atoms with Crippen LogP contribution < -0.4 is 15.4 Å². The summed E-state index contributed by atoms with van der Waals surface area (Å²) in [5.74, 6) is 0.125. The molecule has 1 aliphatic heterocycles. The normalized spacial score (nSPS) is 14.2. The highest BCUT2D eigenvalue weighted by Gasteiger charge is 2.27. The van der Waals surface area contributed by atoms with Crippen LogP contribution in [-0.4, -0.2) is 39.3 Å². The van der Waals surface area contributed by atoms with Crippen molar-refractivity contribution in [1.29, 1.82) is 5.26 Å². The first kappa shape index (κ1) is 16.3. The van der Waals surface area contributed by atoms with Gasteiger partial charge in [0.1, 0.15) is 21.7 Å². The number of morpholine rings is 1. The van der Waals surface area contributed by atoms with Crippen LogP contribution in [0.2, 0.25) is 0 Å². The molecule has 0 saturated carbocycles. The van der Waals surface area contributed by atoms with Gasteiger partial charge in [-0.05, 0) is 17.7 Å². The third-order valence-electron chi connectivity index (χ3n) is 3.88. The lowest BCUT2D eigenvalue weighted by atomic mass is 10.0. The first-order valence-corrected chi connectivity index (χ1v) is 8.31. The molecule has 0 radical (unpaired) electrons. The number of nitriles is 1. The van der Waals surface area contributed by atoms with Gasteiger partial charge in [-0.2, -0.15) is 5.26 Å². The first-order chi connectivity index (χ1) is 11.7. The molecule has 6 nitrogen and oxygen atoms in total. The van der Waals surface area contributed by atoms with Gasteiger partial charge in [0.2, 0.25) is 0 Å². The van der Waals surface area contributed by atoms with Crippen molar-refractivity contribution < 1.29 is 14.3 Å². The van der Waals surface area contributed by atoms with Gasteiger partial charge < -0.3 is 20.1 Å². The van der Waals surface area contributed by atoms with Crippen LogP contribution in [0.3, 0.4) is 0 Å². The van der Waals surface area contributed by atoms with Crippen LogP contribution in [0.1, 0.15) is 15.2 Å². The summed E-state index contributed by atoms with van der Waals surface area (Å²) in [6.07, 6.45) is 0. The van der Waals surface area contributed by atoms with E-state index in [2.05, 4.69) is 11.0 Å². The van der Waals surface area contributed by atoms with Crippen molar-refractivity contribution >= 4 is 22.2 Å². The number of rotatable bonds is 4. The summed E-state index contributed by atoms with van der Waals surface area (Å²) in [7, 11) is 1.58. The number of amides is 1. The molecule has 0 atom stereocenters. The molecule has 24 heavy (non-hydrogen) atoms. The first-order valence-electron chi connectivity index (χ1n) is 7.49. The van der Waals surface area contributed by atoms with Crippen molar-refractivity contribution in [2.24, 2.45) is 5.73 Å². The lowest BCUT2D eigenvalue weighted by Gasteiger charge is -2.27. The third kappa shape index (κ3) is 2.94. The Bertz CT molecular complexity index is 804. The fourth-order valence-electron chi connectivity index (χ4n) is 2.74. The molecule has 1 aromatic carbocycles. The van der Waals surface area contributed by atoms with Crippen molar-refractivity contribution in [3.8, 4) is 22.9 Å². The van der Waals surface area contributed by atoms with Crippen LogP contribution in [-0.2, 0) is 4.74 Å². The lowest BCUT2D eigenvalue weighted by molar-refractivity contribution is 0.100. The van der Waals surface area contributed by atoms with Gasteiger partial charge in [0.25, 0.3) is 5.91 Å². The molecule has 7 heteroatoms. The summed E-state index contributed by atoms with van der Waals surface area (Å²) >= 11 is 1.27. The standard InChI is InChI=1S/C17H17N3O3S/c1-22-12-4-2-3-11(9-12)14-13(10-18)17(24-15(14)16(19)21)20-5-7-23-8-6-20/h2-4,9H,5-8H2,1H3,(H2,19,21). The predicted octanol–water partition coefficient (Wildman–Crippen LogP) is 2.23. The van der Waals surface area contributed by atoms with E-state index in [1.165, 1.54) is 11.3 Å². The van der Waals surface area contributed by atoms with Gasteiger partial charge in [0.15, 0.2) is 0 Å². The van der Waals surface area contributed by atoms with Gasteiger partial charge in [-0.15, -0.1) is 11.3 Å². The Hall–Kier alpha value is -2.56. The van der Waals surface area contributed by atoms with Crippen molar-refractivity contribution in [3.05, 3.63) is 34.7 Å². The number of anilines is 1. The van der Waals surface area contributed by atoms with E-state index >= 15 is 0 Å². The summed E-state index contributed by atoms with van der Waals surface area (Å²) in [4.78, 5) is 14.4. The number of ether oxygens (including phenoxy) is 2. The third-order valence-corrected chi connectivity index (χ3v) is 5.15. The number of hydrogen-bond donors (Lipinski definition) is 1. The quantitative estimate of drug-likeness (QED) is 0.919. The zero-order valence-corrected chi connectivity index (χ0v) is 14.1. The van der Waals surface area contributed by atoms with E-state index in [1.54, 1.807) is 13.2 Å². The molecule has 1 aromatic heterocycles. The molecule has 0 unspecified atom stereocenters. The maximum atomic E-state index is 12.0. The van der Waals surface area contributed by atoms with Gasteiger partial charge >= 0.3 is 0 Å². The molecule has 0 spiro atoms. The van der Waals surface area contributed by atoms with Crippen molar-refractivity contribution in [3.63, 3.8) is 0 Å². The van der Waals surface area contributed by atoms with Gasteiger partial charge in [0.05, 0.1) is 25.9 Å². The van der Waals surface area contributed by atoms with Gasteiger partial charge in [-0.1, -0.05) is 12.1 Å². The lowest BCUT2D eigenvalue weighted by Crippen LogP contribution is -2.36. The second-order valence-corrected chi connectivity index (χ2v) is 6.29. The van der Waals surface area contributed by atoms with E-state index in [1.807, 2.05) is 18.2 Å². The van der Waals surface area contributed by atoms with E-state index in [9.17, 15) is 10.1 Å². The van der Waals surface area contributed by atoms with E-state index in [0.29, 0.717) is 48.1 Å². The molecule has 1 aliphatic rings. The van der Waals surface area contributed by atoms with Crippen molar-refractivity contribution in [1.82, 2.24) is 0 Å². The number of nitrogens with zero attached hydrogens (tertiary/aromatic N) is 2. The topological polar surface area (TPSA) is 88.6 Å². The number of methoxy groups -OCH3 is 1. The fourth-order valence-corrected chi connectivity index (χ4v) is 3.92. The zero-order valence-electron chi connectivity index (χ0n) is 13.2. The minimum atomic E-state index is -0.533. The maximum absolute atomic E-state index is 12.0. The largest absolute Gasteiger partial charge is 0.497 e. The van der Waals surface area contributed by atoms with E-state index in [4.69, 9.17) is 15.2 Å². The summed E-state index contributed by atoms with van der Waals surface area (Å²) in [5.41, 5.74) is 7.38. The number of primary amides is 1. The number of carbonyl (C=O) groups excluding carboxylic acids is 1. The SMILES string of the molecule is COc1cccc(-c2c(C(N)=O)sc(N3CCOCC3)c2C#N)c1. The molecule has 0 bridgehead atoms. The van der Waals surface area contributed by atoms with Gasteiger partial charge in [0, 0.05) is 18.7 Å². The minimum Gasteiger partial charge on any atom is -0.497 e. The highest BCUT2D eigenvalue weighted by Crippen LogP contribution is 2.42.